The number of nitrogens with zero attached hydrogens (tertiary/aromatic N) is 4. The van der Waals surface area contributed by atoms with E-state index in [2.05, 4.69) is 15.5 Å². The Bertz CT molecular complexity index is 1070. The third-order valence-electron chi connectivity index (χ3n) is 4.57. The van der Waals surface area contributed by atoms with Crippen molar-refractivity contribution in [3.8, 4) is 5.75 Å². The van der Waals surface area contributed by atoms with Gasteiger partial charge in [-0.1, -0.05) is 30.0 Å². The Kier molecular flexibility index (Phi) is 7.21. The van der Waals surface area contributed by atoms with Gasteiger partial charge in [-0.15, -0.1) is 10.2 Å². The average molecular weight is 443 g/mol. The number of thioether (sulfide) groups is 1. The first-order valence-electron chi connectivity index (χ1n) is 9.24. The van der Waals surface area contributed by atoms with E-state index in [1.165, 1.54) is 24.9 Å². The number of aromatic nitrogens is 3. The molecular weight excluding hydrogens is 422 g/mol. The number of hydrogen-bond acceptors (Lipinski definition) is 8. The molecule has 0 spiro atoms. The Morgan fingerprint density at radius 1 is 1.26 bits per heavy atom. The van der Waals surface area contributed by atoms with Crippen molar-refractivity contribution in [1.82, 2.24) is 20.1 Å². The first-order chi connectivity index (χ1) is 14.9. The first-order valence-corrected chi connectivity index (χ1v) is 10.2. The molecule has 1 atom stereocenters. The zero-order chi connectivity index (χ0) is 22.4. The third kappa shape index (κ3) is 5.19. The second kappa shape index (κ2) is 10.0. The Morgan fingerprint density at radius 3 is 2.61 bits per heavy atom. The Balaban J connectivity index is 1.71. The van der Waals surface area contributed by atoms with Crippen molar-refractivity contribution in [3.05, 3.63) is 75.6 Å². The third-order valence-corrected chi connectivity index (χ3v) is 5.63. The highest BCUT2D eigenvalue weighted by Gasteiger charge is 2.22. The predicted octanol–water partition coefficient (Wildman–Crippen LogP) is 2.49. The summed E-state index contributed by atoms with van der Waals surface area (Å²) in [5.74, 6) is 0.947. The van der Waals surface area contributed by atoms with E-state index < -0.39 is 11.0 Å². The topological polar surface area (TPSA) is 132 Å². The van der Waals surface area contributed by atoms with Crippen LogP contribution in [0.4, 0.5) is 5.69 Å². The van der Waals surface area contributed by atoms with Crippen molar-refractivity contribution in [2.75, 3.05) is 13.7 Å². The molecule has 1 amide bonds. The van der Waals surface area contributed by atoms with Gasteiger partial charge in [0, 0.05) is 30.0 Å². The van der Waals surface area contributed by atoms with Crippen molar-refractivity contribution >= 4 is 23.4 Å². The van der Waals surface area contributed by atoms with Crippen LogP contribution in [0.3, 0.4) is 0 Å². The van der Waals surface area contributed by atoms with E-state index in [0.29, 0.717) is 33.6 Å². The molecule has 0 saturated heterocycles. The Hall–Kier alpha value is -3.44. The molecular formula is C20H21N5O5S. The van der Waals surface area contributed by atoms with Gasteiger partial charge in [-0.05, 0) is 24.3 Å². The van der Waals surface area contributed by atoms with Gasteiger partial charge in [-0.25, -0.2) is 0 Å². The highest BCUT2D eigenvalue weighted by Crippen LogP contribution is 2.27. The number of ether oxygens (including phenoxy) is 1. The summed E-state index contributed by atoms with van der Waals surface area (Å²) >= 11 is 1.28. The van der Waals surface area contributed by atoms with Gasteiger partial charge < -0.3 is 19.7 Å². The summed E-state index contributed by atoms with van der Waals surface area (Å²) in [5, 5.41) is 32.4. The van der Waals surface area contributed by atoms with Crippen LogP contribution in [-0.4, -0.2) is 44.4 Å². The molecule has 0 aliphatic heterocycles. The number of aliphatic hydroxyl groups excluding tert-OH is 1. The molecule has 0 radical (unpaired) electrons. The van der Waals surface area contributed by atoms with Crippen molar-refractivity contribution in [1.29, 1.82) is 0 Å². The molecule has 3 aromatic rings. The lowest BCUT2D eigenvalue weighted by Gasteiger charge is -2.16. The zero-order valence-corrected chi connectivity index (χ0v) is 17.7. The first kappa shape index (κ1) is 22.2. The van der Waals surface area contributed by atoms with Gasteiger partial charge in [0.15, 0.2) is 11.0 Å². The summed E-state index contributed by atoms with van der Waals surface area (Å²) in [5.41, 5.74) is 1.01. The molecule has 0 unspecified atom stereocenters. The fourth-order valence-corrected chi connectivity index (χ4v) is 3.80. The summed E-state index contributed by atoms with van der Waals surface area (Å²) in [7, 11) is 3.25. The minimum Gasteiger partial charge on any atom is -0.497 e. The van der Waals surface area contributed by atoms with Crippen LogP contribution in [0.1, 0.15) is 27.8 Å². The molecule has 1 heterocycles. The zero-order valence-electron chi connectivity index (χ0n) is 16.9. The van der Waals surface area contributed by atoms with Crippen LogP contribution in [0.15, 0.2) is 53.7 Å². The second-order valence-electron chi connectivity index (χ2n) is 6.51. The number of amides is 1. The van der Waals surface area contributed by atoms with Crippen LogP contribution in [0.2, 0.25) is 0 Å². The lowest BCUT2D eigenvalue weighted by molar-refractivity contribution is -0.385. The summed E-state index contributed by atoms with van der Waals surface area (Å²) in [6.45, 7) is -0.372. The minimum atomic E-state index is -0.771. The van der Waals surface area contributed by atoms with Crippen molar-refractivity contribution < 1.29 is 19.6 Å². The molecule has 162 valence electrons. The maximum Gasteiger partial charge on any atom is 0.273 e. The molecule has 10 nitrogen and oxygen atoms in total. The number of nitrogens with one attached hydrogen (secondary N) is 1. The van der Waals surface area contributed by atoms with Crippen LogP contribution in [-0.2, 0) is 12.8 Å². The Labute approximate surface area is 182 Å². The predicted molar refractivity (Wildman–Crippen MR) is 114 cm³/mol. The van der Waals surface area contributed by atoms with Crippen molar-refractivity contribution in [2.45, 2.75) is 17.0 Å². The molecule has 2 aromatic carbocycles. The fourth-order valence-electron chi connectivity index (χ4n) is 2.88. The lowest BCUT2D eigenvalue weighted by atomic mass is 10.2. The van der Waals surface area contributed by atoms with E-state index in [4.69, 9.17) is 4.74 Å². The summed E-state index contributed by atoms with van der Waals surface area (Å²) in [4.78, 5) is 23.3. The van der Waals surface area contributed by atoms with Gasteiger partial charge in [0.2, 0.25) is 0 Å². The monoisotopic (exact) mass is 443 g/mol. The number of rotatable bonds is 9. The SMILES string of the molecule is COc1ccc(C(=O)N[C@H](CO)c2nnc(SCc3ccccc3[N+](=O)[O-])n2C)cc1. The van der Waals surface area contributed by atoms with Crippen LogP contribution >= 0.6 is 11.8 Å². The lowest BCUT2D eigenvalue weighted by Crippen LogP contribution is -2.32. The van der Waals surface area contributed by atoms with E-state index in [0.717, 1.165) is 0 Å². The second-order valence-corrected chi connectivity index (χ2v) is 7.45. The number of carbonyl (C=O) groups excluding carboxylic acids is 1. The summed E-state index contributed by atoms with van der Waals surface area (Å²) in [6.07, 6.45) is 0. The number of benzene rings is 2. The quantitative estimate of drug-likeness (QED) is 0.293. The molecule has 0 aliphatic rings. The van der Waals surface area contributed by atoms with Gasteiger partial charge >= 0.3 is 0 Å². The smallest absolute Gasteiger partial charge is 0.273 e. The molecule has 1 aromatic heterocycles. The maximum atomic E-state index is 12.5. The van der Waals surface area contributed by atoms with Gasteiger partial charge in [0.25, 0.3) is 11.6 Å². The summed E-state index contributed by atoms with van der Waals surface area (Å²) in [6, 6.07) is 12.3. The molecule has 11 heteroatoms. The van der Waals surface area contributed by atoms with Crippen LogP contribution < -0.4 is 10.1 Å². The highest BCUT2D eigenvalue weighted by molar-refractivity contribution is 7.98. The number of para-hydroxylation sites is 1. The van der Waals surface area contributed by atoms with Gasteiger partial charge in [-0.2, -0.15) is 0 Å². The number of methoxy groups -OCH3 is 1. The molecule has 31 heavy (non-hydrogen) atoms. The van der Waals surface area contributed by atoms with Crippen LogP contribution in [0.5, 0.6) is 5.75 Å². The molecule has 2 N–H and O–H groups in total. The number of nitro benzene ring substituents is 1. The van der Waals surface area contributed by atoms with E-state index in [-0.39, 0.29) is 18.2 Å². The van der Waals surface area contributed by atoms with Gasteiger partial charge in [0.1, 0.15) is 11.8 Å². The fraction of sp³-hybridized carbons (Fsp3) is 0.250. The van der Waals surface area contributed by atoms with E-state index in [9.17, 15) is 20.0 Å². The largest absolute Gasteiger partial charge is 0.497 e. The van der Waals surface area contributed by atoms with Crippen molar-refractivity contribution in [2.24, 2.45) is 7.05 Å². The minimum absolute atomic E-state index is 0.0392. The van der Waals surface area contributed by atoms with Crippen LogP contribution in [0, 0.1) is 10.1 Å². The average Bonchev–Trinajstić information content (AvgIpc) is 3.16. The van der Waals surface area contributed by atoms with Crippen LogP contribution in [0.25, 0.3) is 0 Å². The van der Waals surface area contributed by atoms with E-state index in [1.54, 1.807) is 54.1 Å². The standard InChI is InChI=1S/C20H21N5O5S/c1-24-18(16(11-26)21-19(27)13-7-9-15(30-2)10-8-13)22-23-20(24)31-12-14-5-3-4-6-17(14)25(28)29/h3-10,16,26H,11-12H2,1-2H3,(H,21,27)/t16-/m1/s1. The number of aliphatic hydroxyl groups is 1. The maximum absolute atomic E-state index is 12.5. The van der Waals surface area contributed by atoms with Gasteiger partial charge in [-0.3, -0.25) is 14.9 Å². The van der Waals surface area contributed by atoms with Crippen molar-refractivity contribution in [3.63, 3.8) is 0 Å². The van der Waals surface area contributed by atoms with E-state index in [1.807, 2.05) is 0 Å². The molecule has 0 bridgehead atoms. The highest BCUT2D eigenvalue weighted by atomic mass is 32.2. The Morgan fingerprint density at radius 2 is 1.97 bits per heavy atom. The number of carbonyl (C=O) groups is 1. The summed E-state index contributed by atoms with van der Waals surface area (Å²) < 4.78 is 6.73. The normalized spacial score (nSPS) is 11.7. The molecule has 0 saturated carbocycles. The number of hydrogen-bond donors (Lipinski definition) is 2. The molecule has 0 aliphatic carbocycles. The number of nitro groups is 1. The molecule has 3 rings (SSSR count). The van der Waals surface area contributed by atoms with E-state index >= 15 is 0 Å². The molecule has 0 fully saturated rings. The van der Waals surface area contributed by atoms with Gasteiger partial charge in [0.05, 0.1) is 18.6 Å².